The fraction of sp³-hybridized carbons (Fsp3) is 0.571. The number of nitrogens with zero attached hydrogens (tertiary/aromatic N) is 2. The average Bonchev–Trinajstić information content (AvgIpc) is 2.52. The zero-order valence-corrected chi connectivity index (χ0v) is 11.9. The molecule has 1 amide bonds. The van der Waals surface area contributed by atoms with Crippen molar-refractivity contribution < 1.29 is 14.3 Å². The van der Waals surface area contributed by atoms with Crippen LogP contribution < -0.4 is 11.1 Å². The molecule has 1 aliphatic carbocycles. The smallest absolute Gasteiger partial charge is 0.361 e. The van der Waals surface area contributed by atoms with Crippen LogP contribution in [0.1, 0.15) is 42.6 Å². The molecule has 3 N–H and O–H groups in total. The van der Waals surface area contributed by atoms with Gasteiger partial charge in [-0.3, -0.25) is 4.79 Å². The van der Waals surface area contributed by atoms with Crippen molar-refractivity contribution in [1.82, 2.24) is 15.3 Å². The molecule has 7 nitrogen and oxygen atoms in total. The molecule has 0 aliphatic heterocycles. The van der Waals surface area contributed by atoms with Crippen molar-refractivity contribution in [2.45, 2.75) is 32.1 Å². The van der Waals surface area contributed by atoms with E-state index in [-0.39, 0.29) is 24.0 Å². The van der Waals surface area contributed by atoms with Crippen LogP contribution in [0.4, 0.5) is 5.82 Å². The highest BCUT2D eigenvalue weighted by molar-refractivity contribution is 5.93. The van der Waals surface area contributed by atoms with Crippen molar-refractivity contribution in [3.63, 3.8) is 0 Å². The van der Waals surface area contributed by atoms with E-state index in [1.165, 1.54) is 31.7 Å². The van der Waals surface area contributed by atoms with Gasteiger partial charge in [0.05, 0.1) is 0 Å². The summed E-state index contributed by atoms with van der Waals surface area (Å²) >= 11 is 0. The third kappa shape index (κ3) is 4.70. The number of nitrogens with two attached hydrogens (primary N) is 1. The van der Waals surface area contributed by atoms with Gasteiger partial charge in [-0.1, -0.05) is 19.3 Å². The van der Waals surface area contributed by atoms with Gasteiger partial charge in [0.1, 0.15) is 0 Å². The van der Waals surface area contributed by atoms with Gasteiger partial charge in [-0.25, -0.2) is 14.8 Å². The van der Waals surface area contributed by atoms with E-state index in [0.29, 0.717) is 12.5 Å². The number of esters is 1. The van der Waals surface area contributed by atoms with Crippen LogP contribution in [0.15, 0.2) is 12.4 Å². The van der Waals surface area contributed by atoms with E-state index in [9.17, 15) is 9.59 Å². The summed E-state index contributed by atoms with van der Waals surface area (Å²) in [6.45, 7) is 0.311. The Bertz CT molecular complexity index is 501. The molecule has 1 aliphatic rings. The van der Waals surface area contributed by atoms with E-state index < -0.39 is 5.97 Å². The minimum atomic E-state index is -0.742. The molecule has 1 fully saturated rings. The molecule has 0 spiro atoms. The number of ether oxygens (including phenoxy) is 1. The summed E-state index contributed by atoms with van der Waals surface area (Å²) in [5.74, 6) is -0.524. The van der Waals surface area contributed by atoms with Crippen LogP contribution in [0, 0.1) is 5.92 Å². The molecular formula is C14H20N4O3. The number of rotatable bonds is 5. The number of carbonyl (C=O) groups excluding carboxylic acids is 2. The maximum Gasteiger partial charge on any atom is 0.361 e. The molecule has 1 saturated carbocycles. The first-order valence-electron chi connectivity index (χ1n) is 7.17. The van der Waals surface area contributed by atoms with Gasteiger partial charge >= 0.3 is 5.97 Å². The highest BCUT2D eigenvalue weighted by atomic mass is 16.5. The minimum absolute atomic E-state index is 0.00915. The molecule has 1 aromatic heterocycles. The quantitative estimate of drug-likeness (QED) is 0.781. The minimum Gasteiger partial charge on any atom is -0.451 e. The molecule has 0 bridgehead atoms. The predicted molar refractivity (Wildman–Crippen MR) is 76.3 cm³/mol. The zero-order valence-electron chi connectivity index (χ0n) is 11.9. The summed E-state index contributed by atoms with van der Waals surface area (Å²) in [6.07, 6.45) is 8.75. The van der Waals surface area contributed by atoms with E-state index >= 15 is 0 Å². The second-order valence-electron chi connectivity index (χ2n) is 5.17. The van der Waals surface area contributed by atoms with Crippen molar-refractivity contribution >= 4 is 17.7 Å². The van der Waals surface area contributed by atoms with Crippen molar-refractivity contribution in [3.8, 4) is 0 Å². The van der Waals surface area contributed by atoms with Crippen LogP contribution in [0.2, 0.25) is 0 Å². The monoisotopic (exact) mass is 292 g/mol. The molecule has 7 heteroatoms. The van der Waals surface area contributed by atoms with Crippen molar-refractivity contribution in [3.05, 3.63) is 18.1 Å². The molecule has 0 aromatic carbocycles. The lowest BCUT2D eigenvalue weighted by Crippen LogP contribution is -2.33. The maximum atomic E-state index is 11.7. The number of hydrogen-bond acceptors (Lipinski definition) is 6. The molecule has 0 unspecified atom stereocenters. The fourth-order valence-corrected chi connectivity index (χ4v) is 2.41. The Morgan fingerprint density at radius 1 is 1.24 bits per heavy atom. The van der Waals surface area contributed by atoms with Gasteiger partial charge < -0.3 is 15.8 Å². The van der Waals surface area contributed by atoms with Crippen LogP contribution >= 0.6 is 0 Å². The Morgan fingerprint density at radius 3 is 2.67 bits per heavy atom. The number of amides is 1. The molecular weight excluding hydrogens is 272 g/mol. The zero-order chi connectivity index (χ0) is 15.1. The van der Waals surface area contributed by atoms with Crippen molar-refractivity contribution in [2.24, 2.45) is 5.92 Å². The molecule has 21 heavy (non-hydrogen) atoms. The second-order valence-corrected chi connectivity index (χ2v) is 5.17. The number of nitrogen functional groups attached to an aromatic ring is 1. The molecule has 114 valence electrons. The molecule has 0 saturated heterocycles. The number of carbonyl (C=O) groups is 2. The standard InChI is InChI=1S/C14H20N4O3/c15-13-12(16-6-7-17-13)14(20)21-9-11(19)18-8-10-4-2-1-3-5-10/h6-7,10H,1-5,8-9H2,(H2,15,17)(H,18,19). The number of hydrogen-bond donors (Lipinski definition) is 2. The van der Waals surface area contributed by atoms with E-state index in [4.69, 9.17) is 10.5 Å². The van der Waals surface area contributed by atoms with E-state index in [1.807, 2.05) is 0 Å². The van der Waals surface area contributed by atoms with Crippen LogP contribution in [0.5, 0.6) is 0 Å². The van der Waals surface area contributed by atoms with Crippen LogP contribution in [0.25, 0.3) is 0 Å². The van der Waals surface area contributed by atoms with Gasteiger partial charge in [-0.2, -0.15) is 0 Å². The Morgan fingerprint density at radius 2 is 1.95 bits per heavy atom. The first-order valence-corrected chi connectivity index (χ1v) is 7.17. The molecule has 0 atom stereocenters. The van der Waals surface area contributed by atoms with Gasteiger partial charge in [0.25, 0.3) is 5.91 Å². The summed E-state index contributed by atoms with van der Waals surface area (Å²) in [5.41, 5.74) is 5.44. The van der Waals surface area contributed by atoms with Crippen LogP contribution in [0.3, 0.4) is 0 Å². The molecule has 1 heterocycles. The summed E-state index contributed by atoms with van der Waals surface area (Å²) < 4.78 is 4.88. The lowest BCUT2D eigenvalue weighted by Gasteiger charge is -2.21. The average molecular weight is 292 g/mol. The first-order chi connectivity index (χ1) is 10.2. The normalized spacial score (nSPS) is 15.4. The maximum absolute atomic E-state index is 11.7. The van der Waals surface area contributed by atoms with Gasteiger partial charge in [-0.15, -0.1) is 0 Å². The Labute approximate surface area is 123 Å². The van der Waals surface area contributed by atoms with Crippen LogP contribution in [-0.4, -0.2) is 35.0 Å². The highest BCUT2D eigenvalue weighted by Gasteiger charge is 2.17. The number of anilines is 1. The van der Waals surface area contributed by atoms with Crippen LogP contribution in [-0.2, 0) is 9.53 Å². The molecule has 0 radical (unpaired) electrons. The summed E-state index contributed by atoms with van der Waals surface area (Å²) in [7, 11) is 0. The lowest BCUT2D eigenvalue weighted by molar-refractivity contribution is -0.124. The molecule has 2 rings (SSSR count). The van der Waals surface area contributed by atoms with E-state index in [2.05, 4.69) is 15.3 Å². The van der Waals surface area contributed by atoms with Crippen molar-refractivity contribution in [1.29, 1.82) is 0 Å². The third-order valence-corrected chi connectivity index (χ3v) is 3.57. The first kappa shape index (κ1) is 15.2. The van der Waals surface area contributed by atoms with Crippen molar-refractivity contribution in [2.75, 3.05) is 18.9 Å². The highest BCUT2D eigenvalue weighted by Crippen LogP contribution is 2.22. The predicted octanol–water partition coefficient (Wildman–Crippen LogP) is 0.912. The molecule has 1 aromatic rings. The van der Waals surface area contributed by atoms with E-state index in [0.717, 1.165) is 12.8 Å². The SMILES string of the molecule is Nc1nccnc1C(=O)OCC(=O)NCC1CCCCC1. The Kier molecular flexibility index (Phi) is 5.48. The largest absolute Gasteiger partial charge is 0.451 e. The van der Waals surface area contributed by atoms with Gasteiger partial charge in [0.2, 0.25) is 0 Å². The second kappa shape index (κ2) is 7.56. The van der Waals surface area contributed by atoms with Gasteiger partial charge in [-0.05, 0) is 18.8 Å². The Hall–Kier alpha value is -2.18. The third-order valence-electron chi connectivity index (χ3n) is 3.57. The number of aromatic nitrogens is 2. The topological polar surface area (TPSA) is 107 Å². The fourth-order valence-electron chi connectivity index (χ4n) is 2.41. The Balaban J connectivity index is 1.71. The van der Waals surface area contributed by atoms with E-state index in [1.54, 1.807) is 0 Å². The van der Waals surface area contributed by atoms with Gasteiger partial charge in [0, 0.05) is 18.9 Å². The summed E-state index contributed by atoms with van der Waals surface area (Å²) in [6, 6.07) is 0. The summed E-state index contributed by atoms with van der Waals surface area (Å²) in [5, 5.41) is 2.79. The summed E-state index contributed by atoms with van der Waals surface area (Å²) in [4.78, 5) is 30.9. The lowest BCUT2D eigenvalue weighted by atomic mass is 9.89. The van der Waals surface area contributed by atoms with Gasteiger partial charge in [0.15, 0.2) is 18.1 Å². The number of nitrogens with one attached hydrogen (secondary N) is 1.